The van der Waals surface area contributed by atoms with Crippen molar-refractivity contribution in [3.8, 4) is 0 Å². The van der Waals surface area contributed by atoms with Crippen LogP contribution in [-0.4, -0.2) is 39.8 Å². The number of carbonyl (C=O) groups is 2. The van der Waals surface area contributed by atoms with Crippen LogP contribution in [0.15, 0.2) is 0 Å². The Hall–Kier alpha value is -1.26. The summed E-state index contributed by atoms with van der Waals surface area (Å²) in [6.45, 7) is 6.14. The van der Waals surface area contributed by atoms with E-state index in [1.165, 1.54) is 4.90 Å². The minimum Gasteiger partial charge on any atom is -0.481 e. The molecule has 1 aliphatic heterocycles. The first-order valence-corrected chi connectivity index (χ1v) is 5.46. The standard InChI is InChI=1S/C11H19NO4/c1-11(2,3)8-6-7(9(13)14)4-5-12(8)10(15)16/h7-8H,4-6H2,1-3H3,(H,13,14)(H,15,16). The van der Waals surface area contributed by atoms with Gasteiger partial charge in [-0.05, 0) is 18.3 Å². The van der Waals surface area contributed by atoms with E-state index in [9.17, 15) is 9.59 Å². The first-order valence-electron chi connectivity index (χ1n) is 5.46. The Morgan fingerprint density at radius 1 is 1.25 bits per heavy atom. The second-order valence-electron chi connectivity index (χ2n) is 5.42. The first-order chi connectivity index (χ1) is 7.23. The van der Waals surface area contributed by atoms with Gasteiger partial charge in [0.15, 0.2) is 0 Å². The molecule has 0 radical (unpaired) electrons. The summed E-state index contributed by atoms with van der Waals surface area (Å²) in [5, 5.41) is 18.1. The Bertz CT molecular complexity index is 295. The molecule has 1 fully saturated rings. The molecule has 2 N–H and O–H groups in total. The van der Waals surface area contributed by atoms with Gasteiger partial charge in [0, 0.05) is 12.6 Å². The van der Waals surface area contributed by atoms with Crippen molar-refractivity contribution in [2.75, 3.05) is 6.54 Å². The van der Waals surface area contributed by atoms with Crippen LogP contribution >= 0.6 is 0 Å². The van der Waals surface area contributed by atoms with E-state index in [0.29, 0.717) is 19.4 Å². The fourth-order valence-electron chi connectivity index (χ4n) is 2.24. The third-order valence-corrected chi connectivity index (χ3v) is 3.20. The third kappa shape index (κ3) is 2.65. The minimum atomic E-state index is -0.955. The molecule has 0 bridgehead atoms. The van der Waals surface area contributed by atoms with Crippen LogP contribution in [0.4, 0.5) is 4.79 Å². The van der Waals surface area contributed by atoms with Gasteiger partial charge in [-0.2, -0.15) is 0 Å². The van der Waals surface area contributed by atoms with Gasteiger partial charge in [-0.1, -0.05) is 20.8 Å². The molecule has 5 nitrogen and oxygen atoms in total. The molecule has 0 saturated carbocycles. The highest BCUT2D eigenvalue weighted by molar-refractivity contribution is 5.71. The molecule has 1 saturated heterocycles. The van der Waals surface area contributed by atoms with Gasteiger partial charge >= 0.3 is 12.1 Å². The van der Waals surface area contributed by atoms with Crippen LogP contribution in [0.5, 0.6) is 0 Å². The number of hydrogen-bond acceptors (Lipinski definition) is 2. The zero-order valence-electron chi connectivity index (χ0n) is 9.93. The molecule has 2 atom stereocenters. The Morgan fingerprint density at radius 2 is 1.81 bits per heavy atom. The molecule has 0 aromatic heterocycles. The van der Waals surface area contributed by atoms with Crippen molar-refractivity contribution >= 4 is 12.1 Å². The number of carboxylic acids is 1. The molecular weight excluding hydrogens is 210 g/mol. The van der Waals surface area contributed by atoms with Crippen molar-refractivity contribution < 1.29 is 19.8 Å². The largest absolute Gasteiger partial charge is 0.481 e. The van der Waals surface area contributed by atoms with Crippen molar-refractivity contribution in [3.63, 3.8) is 0 Å². The summed E-state index contributed by atoms with van der Waals surface area (Å²) in [5.74, 6) is -1.24. The summed E-state index contributed by atoms with van der Waals surface area (Å²) in [7, 11) is 0. The highest BCUT2D eigenvalue weighted by Gasteiger charge is 2.40. The number of nitrogens with zero attached hydrogens (tertiary/aromatic N) is 1. The molecule has 0 spiro atoms. The lowest BCUT2D eigenvalue weighted by Crippen LogP contribution is -2.52. The van der Waals surface area contributed by atoms with Crippen molar-refractivity contribution in [3.05, 3.63) is 0 Å². The number of rotatable bonds is 1. The van der Waals surface area contributed by atoms with E-state index < -0.39 is 18.0 Å². The zero-order chi connectivity index (χ0) is 12.5. The number of aliphatic carboxylic acids is 1. The van der Waals surface area contributed by atoms with E-state index >= 15 is 0 Å². The van der Waals surface area contributed by atoms with Crippen LogP contribution in [0.3, 0.4) is 0 Å². The van der Waals surface area contributed by atoms with Crippen LogP contribution in [-0.2, 0) is 4.79 Å². The Labute approximate surface area is 95.1 Å². The molecule has 0 aromatic carbocycles. The molecule has 0 aromatic rings. The second kappa shape index (κ2) is 4.31. The topological polar surface area (TPSA) is 77.8 Å². The van der Waals surface area contributed by atoms with Crippen molar-refractivity contribution in [1.29, 1.82) is 0 Å². The second-order valence-corrected chi connectivity index (χ2v) is 5.42. The number of piperidine rings is 1. The Kier molecular flexibility index (Phi) is 3.45. The molecular formula is C11H19NO4. The predicted molar refractivity (Wildman–Crippen MR) is 58.3 cm³/mol. The van der Waals surface area contributed by atoms with Crippen molar-refractivity contribution in [1.82, 2.24) is 4.90 Å². The lowest BCUT2D eigenvalue weighted by Gasteiger charge is -2.43. The monoisotopic (exact) mass is 229 g/mol. The van der Waals surface area contributed by atoms with Crippen LogP contribution < -0.4 is 0 Å². The number of hydrogen-bond donors (Lipinski definition) is 2. The summed E-state index contributed by atoms with van der Waals surface area (Å²) in [6.07, 6.45) is -0.136. The van der Waals surface area contributed by atoms with E-state index in [2.05, 4.69) is 0 Å². The first kappa shape index (κ1) is 12.8. The quantitative estimate of drug-likeness (QED) is 0.719. The van der Waals surface area contributed by atoms with Gasteiger partial charge in [0.25, 0.3) is 0 Å². The molecule has 1 amide bonds. The maximum absolute atomic E-state index is 11.1. The molecule has 1 heterocycles. The average Bonchev–Trinajstić information content (AvgIpc) is 2.15. The van der Waals surface area contributed by atoms with Gasteiger partial charge < -0.3 is 15.1 Å². The highest BCUT2D eigenvalue weighted by Crippen LogP contribution is 2.34. The Morgan fingerprint density at radius 3 is 2.19 bits per heavy atom. The number of amides is 1. The van der Waals surface area contributed by atoms with Crippen LogP contribution in [0.2, 0.25) is 0 Å². The SMILES string of the molecule is CC(C)(C)C1CC(C(=O)O)CCN1C(=O)O. The fraction of sp³-hybridized carbons (Fsp3) is 0.818. The van der Waals surface area contributed by atoms with Crippen molar-refractivity contribution in [2.45, 2.75) is 39.7 Å². The summed E-state index contributed by atoms with van der Waals surface area (Å²) in [5.41, 5.74) is -0.230. The minimum absolute atomic E-state index is 0.222. The molecule has 0 aliphatic carbocycles. The maximum atomic E-state index is 11.1. The molecule has 2 unspecified atom stereocenters. The van der Waals surface area contributed by atoms with Gasteiger partial charge in [-0.15, -0.1) is 0 Å². The lowest BCUT2D eigenvalue weighted by atomic mass is 9.77. The van der Waals surface area contributed by atoms with Crippen LogP contribution in [0, 0.1) is 11.3 Å². The smallest absolute Gasteiger partial charge is 0.407 e. The van der Waals surface area contributed by atoms with E-state index in [-0.39, 0.29) is 11.5 Å². The maximum Gasteiger partial charge on any atom is 0.407 e. The van der Waals surface area contributed by atoms with Crippen LogP contribution in [0.1, 0.15) is 33.6 Å². The van der Waals surface area contributed by atoms with E-state index in [0.717, 1.165) is 0 Å². The number of carboxylic acid groups (broad SMARTS) is 2. The molecule has 1 aliphatic rings. The summed E-state index contributed by atoms with van der Waals surface area (Å²) >= 11 is 0. The predicted octanol–water partition coefficient (Wildman–Crippen LogP) is 1.88. The molecule has 16 heavy (non-hydrogen) atoms. The molecule has 5 heteroatoms. The van der Waals surface area contributed by atoms with Gasteiger partial charge in [0.05, 0.1) is 5.92 Å². The third-order valence-electron chi connectivity index (χ3n) is 3.20. The molecule has 1 rings (SSSR count). The van der Waals surface area contributed by atoms with E-state index in [1.807, 2.05) is 20.8 Å². The summed E-state index contributed by atoms with van der Waals surface area (Å²) in [6, 6.07) is -0.222. The molecule has 92 valence electrons. The van der Waals surface area contributed by atoms with Crippen LogP contribution in [0.25, 0.3) is 0 Å². The normalized spacial score (nSPS) is 26.6. The van der Waals surface area contributed by atoms with Gasteiger partial charge in [0.2, 0.25) is 0 Å². The average molecular weight is 229 g/mol. The van der Waals surface area contributed by atoms with Gasteiger partial charge in [-0.3, -0.25) is 4.79 Å². The summed E-state index contributed by atoms with van der Waals surface area (Å²) < 4.78 is 0. The van der Waals surface area contributed by atoms with Gasteiger partial charge in [0.1, 0.15) is 0 Å². The number of likely N-dealkylation sites (tertiary alicyclic amines) is 1. The highest BCUT2D eigenvalue weighted by atomic mass is 16.4. The lowest BCUT2D eigenvalue weighted by molar-refractivity contribution is -0.144. The summed E-state index contributed by atoms with van der Waals surface area (Å²) in [4.78, 5) is 23.4. The van der Waals surface area contributed by atoms with Gasteiger partial charge in [-0.25, -0.2) is 4.79 Å². The zero-order valence-corrected chi connectivity index (χ0v) is 9.93. The fourth-order valence-corrected chi connectivity index (χ4v) is 2.24. The van der Waals surface area contributed by atoms with Crippen molar-refractivity contribution in [2.24, 2.45) is 11.3 Å². The van der Waals surface area contributed by atoms with E-state index in [4.69, 9.17) is 10.2 Å². The van der Waals surface area contributed by atoms with E-state index in [1.54, 1.807) is 0 Å². The Balaban J connectivity index is 2.86.